The minimum atomic E-state index is -0.894. The van der Waals surface area contributed by atoms with Gasteiger partial charge in [0.25, 0.3) is 5.69 Å². The van der Waals surface area contributed by atoms with Crippen LogP contribution in [0.25, 0.3) is 0 Å². The number of esters is 1. The summed E-state index contributed by atoms with van der Waals surface area (Å²) in [6.07, 6.45) is -0.894. The molecule has 0 aromatic heterocycles. The van der Waals surface area contributed by atoms with Crippen molar-refractivity contribution in [3.05, 3.63) is 68.7 Å². The fourth-order valence-electron chi connectivity index (χ4n) is 2.56. The lowest BCUT2D eigenvalue weighted by Crippen LogP contribution is -2.25. The van der Waals surface area contributed by atoms with Gasteiger partial charge in [-0.1, -0.05) is 23.7 Å². The van der Waals surface area contributed by atoms with Crippen molar-refractivity contribution in [2.75, 3.05) is 0 Å². The minimum Gasteiger partial charge on any atom is -0.446 e. The Labute approximate surface area is 164 Å². The lowest BCUT2D eigenvalue weighted by molar-refractivity contribution is -0.384. The van der Waals surface area contributed by atoms with E-state index in [1.54, 1.807) is 24.3 Å². The van der Waals surface area contributed by atoms with Crippen molar-refractivity contribution in [3.63, 3.8) is 0 Å². The van der Waals surface area contributed by atoms with Gasteiger partial charge in [-0.2, -0.15) is 5.01 Å². The topological polar surface area (TPSA) is 111 Å². The number of rotatable bonds is 4. The number of benzene rings is 2. The summed E-state index contributed by atoms with van der Waals surface area (Å²) in [5.41, 5.74) is 0.423. The normalized spacial score (nSPS) is 15.6. The van der Waals surface area contributed by atoms with Gasteiger partial charge < -0.3 is 9.47 Å². The van der Waals surface area contributed by atoms with E-state index in [1.807, 2.05) is 0 Å². The predicted molar refractivity (Wildman–Crippen MR) is 98.7 cm³/mol. The number of hydrazone groups is 1. The van der Waals surface area contributed by atoms with Crippen LogP contribution in [0.5, 0.6) is 5.75 Å². The highest BCUT2D eigenvalue weighted by Gasteiger charge is 2.35. The number of ether oxygens (including phenoxy) is 2. The second-order valence-corrected chi connectivity index (χ2v) is 6.26. The van der Waals surface area contributed by atoms with Crippen LogP contribution in [0.3, 0.4) is 0 Å². The van der Waals surface area contributed by atoms with Crippen LogP contribution in [0.1, 0.15) is 31.2 Å². The first kappa shape index (κ1) is 19.3. The highest BCUT2D eigenvalue weighted by atomic mass is 35.5. The molecule has 1 atom stereocenters. The zero-order valence-electron chi connectivity index (χ0n) is 14.8. The maximum Gasteiger partial charge on any atom is 0.308 e. The highest BCUT2D eigenvalue weighted by molar-refractivity contribution is 6.30. The highest BCUT2D eigenvalue weighted by Crippen LogP contribution is 2.34. The lowest BCUT2D eigenvalue weighted by atomic mass is 10.1. The maximum absolute atomic E-state index is 12.0. The Morgan fingerprint density at radius 3 is 2.46 bits per heavy atom. The molecule has 1 aliphatic rings. The average molecular weight is 404 g/mol. The molecule has 0 unspecified atom stereocenters. The van der Waals surface area contributed by atoms with Crippen LogP contribution in [0.2, 0.25) is 5.02 Å². The van der Waals surface area contributed by atoms with Gasteiger partial charge in [0, 0.05) is 36.6 Å². The summed E-state index contributed by atoms with van der Waals surface area (Å²) >= 11 is 5.90. The summed E-state index contributed by atoms with van der Waals surface area (Å²) in [6.45, 7) is 2.50. The number of hydrogen-bond donors (Lipinski definition) is 0. The van der Waals surface area contributed by atoms with Gasteiger partial charge in [-0.05, 0) is 18.2 Å². The Balaban J connectivity index is 2.05. The first-order chi connectivity index (χ1) is 13.3. The summed E-state index contributed by atoms with van der Waals surface area (Å²) < 4.78 is 10.9. The number of carbonyl (C=O) groups excluding carboxylic acids is 2. The lowest BCUT2D eigenvalue weighted by Gasteiger charge is -2.19. The van der Waals surface area contributed by atoms with E-state index in [9.17, 15) is 19.7 Å². The molecule has 10 heteroatoms. The molecule has 1 aliphatic heterocycles. The van der Waals surface area contributed by atoms with Crippen molar-refractivity contribution in [2.45, 2.75) is 20.1 Å². The third-order valence-electron chi connectivity index (χ3n) is 3.78. The smallest absolute Gasteiger partial charge is 0.308 e. The van der Waals surface area contributed by atoms with E-state index in [4.69, 9.17) is 21.1 Å². The predicted octanol–water partition coefficient (Wildman–Crippen LogP) is 3.41. The van der Waals surface area contributed by atoms with Crippen molar-refractivity contribution in [3.8, 4) is 5.75 Å². The molecule has 0 saturated heterocycles. The molecule has 0 fully saturated rings. The van der Waals surface area contributed by atoms with Crippen molar-refractivity contribution in [2.24, 2.45) is 5.10 Å². The van der Waals surface area contributed by atoms with Crippen LogP contribution in [0, 0.1) is 10.1 Å². The van der Waals surface area contributed by atoms with Crippen molar-refractivity contribution < 1.29 is 24.0 Å². The molecule has 1 heterocycles. The molecule has 0 saturated carbocycles. The number of nitro benzene ring substituents is 1. The van der Waals surface area contributed by atoms with E-state index in [-0.39, 0.29) is 22.9 Å². The number of carbonyl (C=O) groups is 2. The van der Waals surface area contributed by atoms with E-state index >= 15 is 0 Å². The molecule has 1 amide bonds. The quantitative estimate of drug-likeness (QED) is 0.334. The Morgan fingerprint density at radius 1 is 1.21 bits per heavy atom. The SMILES string of the molecule is CC(=O)Oc1ccc([N+](=O)[O-])cc1C1=NN(C(C)=O)[C@H](c2ccc(Cl)cc2)O1. The van der Waals surface area contributed by atoms with Crippen LogP contribution >= 0.6 is 11.6 Å². The molecule has 9 nitrogen and oxygen atoms in total. The second-order valence-electron chi connectivity index (χ2n) is 5.82. The summed E-state index contributed by atoms with van der Waals surface area (Å²) in [6, 6.07) is 10.2. The van der Waals surface area contributed by atoms with Crippen molar-refractivity contribution >= 4 is 35.1 Å². The molecule has 0 N–H and O–H groups in total. The van der Waals surface area contributed by atoms with Gasteiger partial charge in [-0.3, -0.25) is 19.7 Å². The Kier molecular flexibility index (Phi) is 5.27. The van der Waals surface area contributed by atoms with E-state index in [0.717, 1.165) is 5.01 Å². The molecule has 2 aromatic carbocycles. The van der Waals surface area contributed by atoms with Crippen LogP contribution < -0.4 is 4.74 Å². The van der Waals surface area contributed by atoms with Gasteiger partial charge in [0.05, 0.1) is 10.5 Å². The number of halogens is 1. The van der Waals surface area contributed by atoms with Gasteiger partial charge in [-0.25, -0.2) is 0 Å². The van der Waals surface area contributed by atoms with E-state index in [2.05, 4.69) is 5.10 Å². The number of hydrogen-bond acceptors (Lipinski definition) is 7. The Bertz CT molecular complexity index is 989. The van der Waals surface area contributed by atoms with Crippen molar-refractivity contribution in [1.29, 1.82) is 0 Å². The first-order valence-corrected chi connectivity index (χ1v) is 8.42. The largest absolute Gasteiger partial charge is 0.446 e. The van der Waals surface area contributed by atoms with E-state index in [1.165, 1.54) is 32.0 Å². The van der Waals surface area contributed by atoms with E-state index in [0.29, 0.717) is 10.6 Å². The molecule has 0 spiro atoms. The van der Waals surface area contributed by atoms with Crippen LogP contribution in [-0.4, -0.2) is 27.7 Å². The summed E-state index contributed by atoms with van der Waals surface area (Å²) in [5, 5.41) is 16.9. The van der Waals surface area contributed by atoms with Gasteiger partial charge in [0.15, 0.2) is 0 Å². The molecule has 0 bridgehead atoms. The number of nitro groups is 1. The zero-order chi connectivity index (χ0) is 20.4. The summed E-state index contributed by atoms with van der Waals surface area (Å²) in [5.74, 6) is -1.09. The van der Waals surface area contributed by atoms with Crippen LogP contribution in [0.15, 0.2) is 47.6 Å². The molecule has 28 heavy (non-hydrogen) atoms. The van der Waals surface area contributed by atoms with Gasteiger partial charge in [0.2, 0.25) is 18.0 Å². The molecular weight excluding hydrogens is 390 g/mol. The number of amides is 1. The van der Waals surface area contributed by atoms with Crippen LogP contribution in [0.4, 0.5) is 5.69 Å². The third kappa shape index (κ3) is 3.94. The molecular formula is C18H14ClN3O6. The standard InChI is InChI=1S/C18H14ClN3O6/c1-10(23)21-18(12-3-5-13(19)6-4-12)28-17(20-21)15-9-14(22(25)26)7-8-16(15)27-11(2)24/h3-9,18H,1-2H3/t18-/m0/s1. The zero-order valence-corrected chi connectivity index (χ0v) is 15.5. The molecule has 0 aliphatic carbocycles. The maximum atomic E-state index is 12.0. The summed E-state index contributed by atoms with van der Waals surface area (Å²) in [4.78, 5) is 33.9. The third-order valence-corrected chi connectivity index (χ3v) is 4.03. The molecule has 3 rings (SSSR count). The molecule has 2 aromatic rings. The number of non-ortho nitro benzene ring substituents is 1. The van der Waals surface area contributed by atoms with Gasteiger partial charge >= 0.3 is 5.97 Å². The monoisotopic (exact) mass is 403 g/mol. The van der Waals surface area contributed by atoms with Crippen molar-refractivity contribution in [1.82, 2.24) is 5.01 Å². The minimum absolute atomic E-state index is 0.0251. The molecule has 0 radical (unpaired) electrons. The average Bonchev–Trinajstić information content (AvgIpc) is 3.07. The van der Waals surface area contributed by atoms with Crippen LogP contribution in [-0.2, 0) is 14.3 Å². The van der Waals surface area contributed by atoms with Gasteiger partial charge in [0.1, 0.15) is 5.75 Å². The fourth-order valence-corrected chi connectivity index (χ4v) is 2.69. The first-order valence-electron chi connectivity index (χ1n) is 8.04. The number of nitrogens with zero attached hydrogens (tertiary/aromatic N) is 3. The van der Waals surface area contributed by atoms with Gasteiger partial charge in [-0.15, -0.1) is 5.10 Å². The summed E-state index contributed by atoms with van der Waals surface area (Å²) in [7, 11) is 0. The Morgan fingerprint density at radius 2 is 1.89 bits per heavy atom. The van der Waals surface area contributed by atoms with E-state index < -0.39 is 23.0 Å². The second kappa shape index (κ2) is 7.65. The molecule has 144 valence electrons. The Hall–Kier alpha value is -3.46. The fraction of sp³-hybridized carbons (Fsp3) is 0.167.